The van der Waals surface area contributed by atoms with Crippen molar-refractivity contribution in [1.29, 1.82) is 0 Å². The van der Waals surface area contributed by atoms with Crippen molar-refractivity contribution < 1.29 is 22.9 Å². The number of nitrogens with one attached hydrogen (secondary N) is 1. The van der Waals surface area contributed by atoms with Gasteiger partial charge in [-0.05, 0) is 53.6 Å². The lowest BCUT2D eigenvalue weighted by Crippen LogP contribution is -2.17. The molecule has 180 valence electrons. The Bertz CT molecular complexity index is 1490. The fraction of sp³-hybridized carbons (Fsp3) is 0.0870. The first-order valence-electron chi connectivity index (χ1n) is 9.92. The number of amides is 1. The molecule has 3 aromatic rings. The maximum Gasteiger partial charge on any atom is 0.311 e. The number of anilines is 1. The summed E-state index contributed by atoms with van der Waals surface area (Å²) < 4.78 is 32.7. The quantitative estimate of drug-likeness (QED) is 0.194. The van der Waals surface area contributed by atoms with Gasteiger partial charge in [-0.3, -0.25) is 14.9 Å². The largest absolute Gasteiger partial charge is 0.490 e. The number of carbonyl (C=O) groups is 1. The minimum atomic E-state index is -3.70. The first-order valence-corrected chi connectivity index (χ1v) is 14.0. The molecular formula is C23H16Br2N2O6S2. The van der Waals surface area contributed by atoms with E-state index in [1.807, 2.05) is 0 Å². The Morgan fingerprint density at radius 1 is 1.11 bits per heavy atom. The lowest BCUT2D eigenvalue weighted by Gasteiger charge is -2.19. The zero-order valence-corrected chi connectivity index (χ0v) is 22.8. The second-order valence-corrected chi connectivity index (χ2v) is 12.2. The summed E-state index contributed by atoms with van der Waals surface area (Å²) in [5.41, 5.74) is 1.29. The van der Waals surface area contributed by atoms with Crippen LogP contribution < -0.4 is 10.1 Å². The molecule has 0 radical (unpaired) electrons. The standard InChI is InChI=1S/C23H16Br2N2O6S2/c1-33-20-8-5-13(9-19(20)27(29)30)10-22-23(28)26-18-7-6-14(11-21(18)34-22)35(31,32)12-15-16(24)3-2-4-17(15)25/h2-11H,12H2,1H3,(H,26,28)/b22-10-. The zero-order valence-electron chi connectivity index (χ0n) is 17.9. The molecule has 0 spiro atoms. The minimum Gasteiger partial charge on any atom is -0.490 e. The van der Waals surface area contributed by atoms with Gasteiger partial charge in [-0.1, -0.05) is 55.8 Å². The monoisotopic (exact) mass is 638 g/mol. The molecule has 1 N–H and O–H groups in total. The fourth-order valence-corrected chi connectivity index (χ4v) is 7.51. The number of nitrogens with zero attached hydrogens (tertiary/aromatic N) is 1. The van der Waals surface area contributed by atoms with Crippen molar-refractivity contribution >= 4 is 76.8 Å². The van der Waals surface area contributed by atoms with Gasteiger partial charge >= 0.3 is 5.69 Å². The number of methoxy groups -OCH3 is 1. The summed E-state index contributed by atoms with van der Waals surface area (Å²) in [5.74, 6) is -0.508. The van der Waals surface area contributed by atoms with Gasteiger partial charge in [0, 0.05) is 19.9 Å². The second-order valence-electron chi connectivity index (χ2n) is 7.37. The van der Waals surface area contributed by atoms with Crippen LogP contribution in [0.2, 0.25) is 0 Å². The van der Waals surface area contributed by atoms with Crippen molar-refractivity contribution in [3.63, 3.8) is 0 Å². The van der Waals surface area contributed by atoms with Gasteiger partial charge < -0.3 is 10.1 Å². The molecule has 1 aliphatic rings. The molecule has 0 atom stereocenters. The van der Waals surface area contributed by atoms with E-state index < -0.39 is 20.7 Å². The lowest BCUT2D eigenvalue weighted by molar-refractivity contribution is -0.385. The van der Waals surface area contributed by atoms with E-state index in [1.165, 1.54) is 37.5 Å². The van der Waals surface area contributed by atoms with Crippen molar-refractivity contribution in [2.45, 2.75) is 15.5 Å². The maximum atomic E-state index is 13.2. The minimum absolute atomic E-state index is 0.106. The van der Waals surface area contributed by atoms with E-state index in [4.69, 9.17) is 4.74 Å². The first kappa shape index (κ1) is 25.4. The molecule has 0 unspecified atom stereocenters. The van der Waals surface area contributed by atoms with Crippen molar-refractivity contribution in [3.8, 4) is 5.75 Å². The highest BCUT2D eigenvalue weighted by Crippen LogP contribution is 2.41. The number of benzene rings is 3. The lowest BCUT2D eigenvalue weighted by atomic mass is 10.1. The summed E-state index contributed by atoms with van der Waals surface area (Å²) in [7, 11) is -2.36. The molecule has 1 heterocycles. The van der Waals surface area contributed by atoms with E-state index in [1.54, 1.807) is 30.3 Å². The normalized spacial score (nSPS) is 14.4. The summed E-state index contributed by atoms with van der Waals surface area (Å²) >= 11 is 7.89. The van der Waals surface area contributed by atoms with Crippen molar-refractivity contribution in [1.82, 2.24) is 0 Å². The zero-order chi connectivity index (χ0) is 25.3. The van der Waals surface area contributed by atoms with Gasteiger partial charge in [-0.15, -0.1) is 0 Å². The number of nitro benzene ring substituents is 1. The molecule has 0 aliphatic carbocycles. The van der Waals surface area contributed by atoms with Gasteiger partial charge in [0.25, 0.3) is 5.91 Å². The van der Waals surface area contributed by atoms with Crippen LogP contribution in [0.3, 0.4) is 0 Å². The Balaban J connectivity index is 1.66. The topological polar surface area (TPSA) is 116 Å². The molecule has 0 saturated carbocycles. The molecule has 0 fully saturated rings. The summed E-state index contributed by atoms with van der Waals surface area (Å²) in [6.45, 7) is 0. The number of ether oxygens (including phenoxy) is 1. The molecule has 3 aromatic carbocycles. The van der Waals surface area contributed by atoms with Crippen LogP contribution in [-0.4, -0.2) is 26.4 Å². The smallest absolute Gasteiger partial charge is 0.311 e. The van der Waals surface area contributed by atoms with Crippen LogP contribution in [0.5, 0.6) is 5.75 Å². The van der Waals surface area contributed by atoms with E-state index in [2.05, 4.69) is 37.2 Å². The van der Waals surface area contributed by atoms with Crippen molar-refractivity contribution in [2.75, 3.05) is 12.4 Å². The number of halogens is 2. The Morgan fingerprint density at radius 3 is 2.49 bits per heavy atom. The average Bonchev–Trinajstić information content (AvgIpc) is 2.81. The van der Waals surface area contributed by atoms with E-state index in [9.17, 15) is 23.3 Å². The number of rotatable bonds is 6. The molecule has 0 aromatic heterocycles. The SMILES string of the molecule is COc1ccc(/C=C2\Sc3cc(S(=O)(=O)Cc4c(Br)cccc4Br)ccc3NC2=O)cc1[N+](=O)[O-]. The van der Waals surface area contributed by atoms with Crippen LogP contribution >= 0.6 is 43.6 Å². The number of hydrogen-bond acceptors (Lipinski definition) is 7. The Labute approximate surface area is 222 Å². The van der Waals surface area contributed by atoms with Gasteiger partial charge in [0.05, 0.1) is 33.3 Å². The Hall–Kier alpha value is -2.67. The molecule has 0 bridgehead atoms. The van der Waals surface area contributed by atoms with Crippen LogP contribution in [0, 0.1) is 10.1 Å². The Morgan fingerprint density at radius 2 is 1.83 bits per heavy atom. The number of nitro groups is 1. The summed E-state index contributed by atoms with van der Waals surface area (Å²) in [6.07, 6.45) is 1.51. The highest BCUT2D eigenvalue weighted by atomic mass is 79.9. The highest BCUT2D eigenvalue weighted by molar-refractivity contribution is 9.11. The highest BCUT2D eigenvalue weighted by Gasteiger charge is 2.25. The van der Waals surface area contributed by atoms with Crippen LogP contribution in [0.25, 0.3) is 6.08 Å². The molecule has 0 saturated heterocycles. The second kappa shape index (κ2) is 10.1. The first-order chi connectivity index (χ1) is 16.6. The maximum absolute atomic E-state index is 13.2. The number of hydrogen-bond donors (Lipinski definition) is 1. The fourth-order valence-electron chi connectivity index (χ4n) is 3.36. The molecule has 35 heavy (non-hydrogen) atoms. The van der Waals surface area contributed by atoms with Gasteiger partial charge in [0.1, 0.15) is 0 Å². The third-order valence-electron chi connectivity index (χ3n) is 5.10. The predicted molar refractivity (Wildman–Crippen MR) is 141 cm³/mol. The van der Waals surface area contributed by atoms with Crippen LogP contribution in [0.1, 0.15) is 11.1 Å². The van der Waals surface area contributed by atoms with Gasteiger partial charge in [0.15, 0.2) is 15.6 Å². The summed E-state index contributed by atoms with van der Waals surface area (Å²) in [6, 6.07) is 14.2. The van der Waals surface area contributed by atoms with Crippen LogP contribution in [0.15, 0.2) is 78.2 Å². The van der Waals surface area contributed by atoms with Gasteiger partial charge in [-0.2, -0.15) is 0 Å². The Kier molecular flexibility index (Phi) is 7.36. The molecular weight excluding hydrogens is 624 g/mol. The number of sulfone groups is 1. The molecule has 8 nitrogen and oxygen atoms in total. The molecule has 1 aliphatic heterocycles. The van der Waals surface area contributed by atoms with Gasteiger partial charge in [0.2, 0.25) is 0 Å². The molecule has 12 heteroatoms. The summed E-state index contributed by atoms with van der Waals surface area (Å²) in [4.78, 5) is 24.3. The number of carbonyl (C=O) groups excluding carboxylic acids is 1. The average molecular weight is 640 g/mol. The van der Waals surface area contributed by atoms with E-state index in [0.717, 1.165) is 11.8 Å². The van der Waals surface area contributed by atoms with E-state index >= 15 is 0 Å². The van der Waals surface area contributed by atoms with Crippen molar-refractivity contribution in [3.05, 3.63) is 89.7 Å². The summed E-state index contributed by atoms with van der Waals surface area (Å²) in [5, 5.41) is 14.1. The number of fused-ring (bicyclic) bond motifs is 1. The molecule has 1 amide bonds. The third-order valence-corrected chi connectivity index (χ3v) is 9.31. The predicted octanol–water partition coefficient (Wildman–Crippen LogP) is 6.19. The van der Waals surface area contributed by atoms with Crippen molar-refractivity contribution in [2.24, 2.45) is 0 Å². The van der Waals surface area contributed by atoms with Crippen LogP contribution in [0.4, 0.5) is 11.4 Å². The third kappa shape index (κ3) is 5.45. The van der Waals surface area contributed by atoms with Crippen LogP contribution in [-0.2, 0) is 20.4 Å². The van der Waals surface area contributed by atoms with Gasteiger partial charge in [-0.25, -0.2) is 8.42 Å². The number of thioether (sulfide) groups is 1. The van der Waals surface area contributed by atoms with E-state index in [0.29, 0.717) is 30.7 Å². The molecule has 4 rings (SSSR count). The van der Waals surface area contributed by atoms with E-state index in [-0.39, 0.29) is 27.0 Å².